The summed E-state index contributed by atoms with van der Waals surface area (Å²) in [6.07, 6.45) is 4.41. The molecule has 0 saturated heterocycles. The Bertz CT molecular complexity index is 1050. The van der Waals surface area contributed by atoms with Crippen molar-refractivity contribution in [3.05, 3.63) is 56.2 Å². The number of hydrogen-bond acceptors (Lipinski definition) is 4. The van der Waals surface area contributed by atoms with Crippen LogP contribution in [-0.4, -0.2) is 23.4 Å². The van der Waals surface area contributed by atoms with Crippen LogP contribution in [0.5, 0.6) is 0 Å². The summed E-state index contributed by atoms with van der Waals surface area (Å²) in [6.45, 7) is 3.72. The maximum absolute atomic E-state index is 13.7. The van der Waals surface area contributed by atoms with Crippen LogP contribution >= 0.6 is 23.2 Å². The number of aromatic nitrogens is 2. The molecule has 8 heteroatoms. The third kappa shape index (κ3) is 3.36. The molecule has 1 aliphatic heterocycles. The molecule has 1 unspecified atom stereocenters. The third-order valence-corrected chi connectivity index (χ3v) is 8.82. The van der Waals surface area contributed by atoms with Gasteiger partial charge in [-0.25, -0.2) is 13.1 Å². The van der Waals surface area contributed by atoms with Gasteiger partial charge < -0.3 is 5.32 Å². The van der Waals surface area contributed by atoms with Crippen LogP contribution in [0.2, 0.25) is 10.0 Å². The van der Waals surface area contributed by atoms with Crippen molar-refractivity contribution in [2.75, 3.05) is 5.32 Å². The Hall–Kier alpha value is -1.50. The molecule has 1 saturated carbocycles. The Morgan fingerprint density at radius 3 is 2.46 bits per heavy atom. The fourth-order valence-electron chi connectivity index (χ4n) is 4.28. The molecule has 1 fully saturated rings. The second kappa shape index (κ2) is 7.39. The maximum Gasteiger partial charge on any atom is 0.181 e. The molecular weight excluding hydrogens is 417 g/mol. The van der Waals surface area contributed by atoms with Crippen molar-refractivity contribution < 1.29 is 8.42 Å². The van der Waals surface area contributed by atoms with Crippen LogP contribution in [0, 0.1) is 6.92 Å². The van der Waals surface area contributed by atoms with Crippen LogP contribution in [-0.2, 0) is 9.84 Å². The van der Waals surface area contributed by atoms with E-state index in [2.05, 4.69) is 10.4 Å². The first-order valence-electron chi connectivity index (χ1n) is 9.52. The number of fused-ring (bicyclic) bond motifs is 1. The molecule has 1 aromatic carbocycles. The molecule has 0 bridgehead atoms. The van der Waals surface area contributed by atoms with Gasteiger partial charge in [0.15, 0.2) is 9.84 Å². The van der Waals surface area contributed by atoms with Crippen LogP contribution in [0.15, 0.2) is 34.9 Å². The van der Waals surface area contributed by atoms with E-state index in [0.717, 1.165) is 36.3 Å². The number of nitrogens with zero attached hydrogens (tertiary/aromatic N) is 2. The summed E-state index contributed by atoms with van der Waals surface area (Å²) in [6, 6.07) is 6.63. The Balaban J connectivity index is 1.90. The van der Waals surface area contributed by atoms with Crippen LogP contribution in [0.3, 0.4) is 0 Å². The minimum atomic E-state index is -3.51. The topological polar surface area (TPSA) is 64.0 Å². The van der Waals surface area contributed by atoms with Crippen molar-refractivity contribution in [1.82, 2.24) is 9.78 Å². The van der Waals surface area contributed by atoms with Crippen LogP contribution in [0.1, 0.15) is 56.3 Å². The molecule has 150 valence electrons. The SMILES string of the molecule is CC1=C(S(=O)(=O)C2CCCCC2)C(c2ccc(Cl)c(Cl)c2)n2nc(C)cc2N1. The molecule has 2 aromatic rings. The fraction of sp³-hybridized carbons (Fsp3) is 0.450. The standard InChI is InChI=1S/C20H23Cl2N3O2S/c1-12-10-18-23-13(2)20(28(26,27)15-6-4-3-5-7-15)19(25(18)24-12)14-8-9-16(21)17(22)11-14/h8-11,15,19,23H,3-7H2,1-2H3. The van der Waals surface area contributed by atoms with Gasteiger partial charge in [0.2, 0.25) is 0 Å². The molecule has 4 rings (SSSR count). The quantitative estimate of drug-likeness (QED) is 0.685. The smallest absolute Gasteiger partial charge is 0.181 e. The van der Waals surface area contributed by atoms with E-state index < -0.39 is 15.9 Å². The van der Waals surface area contributed by atoms with Gasteiger partial charge in [0, 0.05) is 11.8 Å². The molecule has 1 N–H and O–H groups in total. The number of allylic oxidation sites excluding steroid dienone is 2. The predicted octanol–water partition coefficient (Wildman–Crippen LogP) is 5.49. The number of benzene rings is 1. The lowest BCUT2D eigenvalue weighted by molar-refractivity contribution is 0.481. The van der Waals surface area contributed by atoms with Gasteiger partial charge in [-0.1, -0.05) is 48.5 Å². The zero-order valence-electron chi connectivity index (χ0n) is 15.9. The molecule has 1 aromatic heterocycles. The summed E-state index contributed by atoms with van der Waals surface area (Å²) >= 11 is 12.4. The maximum atomic E-state index is 13.7. The average molecular weight is 440 g/mol. The fourth-order valence-corrected chi connectivity index (χ4v) is 6.92. The van der Waals surface area contributed by atoms with Gasteiger partial charge >= 0.3 is 0 Å². The highest BCUT2D eigenvalue weighted by Crippen LogP contribution is 2.43. The summed E-state index contributed by atoms with van der Waals surface area (Å²) in [7, 11) is -3.51. The molecule has 1 aliphatic carbocycles. The highest BCUT2D eigenvalue weighted by molar-refractivity contribution is 7.95. The number of halogens is 2. The minimum absolute atomic E-state index is 0.350. The number of rotatable bonds is 3. The average Bonchev–Trinajstić information content (AvgIpc) is 3.03. The number of sulfone groups is 1. The highest BCUT2D eigenvalue weighted by atomic mass is 35.5. The van der Waals surface area contributed by atoms with E-state index in [1.54, 1.807) is 16.8 Å². The van der Waals surface area contributed by atoms with E-state index in [0.29, 0.717) is 33.5 Å². The number of anilines is 1. The van der Waals surface area contributed by atoms with Crippen molar-refractivity contribution >= 4 is 38.9 Å². The lowest BCUT2D eigenvalue weighted by atomic mass is 10.0. The van der Waals surface area contributed by atoms with Gasteiger partial charge in [0.1, 0.15) is 11.9 Å². The van der Waals surface area contributed by atoms with Crippen molar-refractivity contribution in [3.63, 3.8) is 0 Å². The van der Waals surface area contributed by atoms with E-state index in [1.165, 1.54) is 0 Å². The molecule has 0 radical (unpaired) electrons. The second-order valence-corrected chi connectivity index (χ2v) is 10.6. The van der Waals surface area contributed by atoms with Gasteiger partial charge in [-0.05, 0) is 44.4 Å². The van der Waals surface area contributed by atoms with Crippen molar-refractivity contribution in [2.24, 2.45) is 0 Å². The van der Waals surface area contributed by atoms with Crippen LogP contribution < -0.4 is 5.32 Å². The highest BCUT2D eigenvalue weighted by Gasteiger charge is 2.41. The summed E-state index contributed by atoms with van der Waals surface area (Å²) in [5.41, 5.74) is 2.22. The molecule has 2 aliphatic rings. The Morgan fingerprint density at radius 1 is 1.07 bits per heavy atom. The van der Waals surface area contributed by atoms with Gasteiger partial charge in [0.05, 0.1) is 25.9 Å². The minimum Gasteiger partial charge on any atom is -0.343 e. The van der Waals surface area contributed by atoms with Crippen molar-refractivity contribution in [1.29, 1.82) is 0 Å². The van der Waals surface area contributed by atoms with E-state index in [9.17, 15) is 8.42 Å². The summed E-state index contributed by atoms with van der Waals surface area (Å²) in [5.74, 6) is 0.772. The molecule has 5 nitrogen and oxygen atoms in total. The lowest BCUT2D eigenvalue weighted by Gasteiger charge is -2.33. The molecule has 1 atom stereocenters. The zero-order valence-corrected chi connectivity index (χ0v) is 18.2. The normalized spacial score (nSPS) is 20.8. The molecule has 28 heavy (non-hydrogen) atoms. The predicted molar refractivity (Wildman–Crippen MR) is 114 cm³/mol. The van der Waals surface area contributed by atoms with Gasteiger partial charge in [-0.2, -0.15) is 5.10 Å². The second-order valence-electron chi connectivity index (χ2n) is 7.61. The lowest BCUT2D eigenvalue weighted by Crippen LogP contribution is -2.34. The van der Waals surface area contributed by atoms with E-state index in [-0.39, 0.29) is 5.25 Å². The van der Waals surface area contributed by atoms with E-state index in [1.807, 2.05) is 26.0 Å². The van der Waals surface area contributed by atoms with Crippen LogP contribution in [0.25, 0.3) is 0 Å². The van der Waals surface area contributed by atoms with Gasteiger partial charge in [-0.3, -0.25) is 0 Å². The first-order chi connectivity index (χ1) is 13.3. The largest absolute Gasteiger partial charge is 0.343 e. The first kappa shape index (κ1) is 19.8. The molecule has 2 heterocycles. The monoisotopic (exact) mass is 439 g/mol. The van der Waals surface area contributed by atoms with E-state index in [4.69, 9.17) is 23.2 Å². The molecular formula is C20H23Cl2N3O2S. The Kier molecular flexibility index (Phi) is 5.23. The van der Waals surface area contributed by atoms with Crippen molar-refractivity contribution in [3.8, 4) is 0 Å². The number of hydrogen-bond donors (Lipinski definition) is 1. The van der Waals surface area contributed by atoms with Crippen LogP contribution in [0.4, 0.5) is 5.82 Å². The summed E-state index contributed by atoms with van der Waals surface area (Å²) in [4.78, 5) is 0.383. The zero-order chi connectivity index (χ0) is 20.1. The Morgan fingerprint density at radius 2 is 1.79 bits per heavy atom. The number of nitrogens with one attached hydrogen (secondary N) is 1. The molecule has 0 amide bonds. The molecule has 0 spiro atoms. The summed E-state index contributed by atoms with van der Waals surface area (Å²) < 4.78 is 29.2. The first-order valence-corrected chi connectivity index (χ1v) is 11.8. The van der Waals surface area contributed by atoms with Crippen molar-refractivity contribution in [2.45, 2.75) is 57.2 Å². The Labute approximate surface area is 175 Å². The van der Waals surface area contributed by atoms with E-state index >= 15 is 0 Å². The van der Waals surface area contributed by atoms with Gasteiger partial charge in [-0.15, -0.1) is 0 Å². The summed E-state index contributed by atoms with van der Waals surface area (Å²) in [5, 5.41) is 8.31. The third-order valence-electron chi connectivity index (χ3n) is 5.59. The number of aryl methyl sites for hydroxylation is 1. The van der Waals surface area contributed by atoms with Gasteiger partial charge in [0.25, 0.3) is 0 Å².